The highest BCUT2D eigenvalue weighted by molar-refractivity contribution is 8.27. The lowest BCUT2D eigenvalue weighted by Gasteiger charge is -2.13. The minimum atomic E-state index is -0.0860. The fourth-order valence-electron chi connectivity index (χ4n) is 2.65. The van der Waals surface area contributed by atoms with Crippen LogP contribution in [0.25, 0.3) is 17.0 Å². The first-order valence-corrected chi connectivity index (χ1v) is 8.63. The number of hydrogen-bond donors (Lipinski definition) is 0. The van der Waals surface area contributed by atoms with Crippen molar-refractivity contribution in [3.8, 4) is 0 Å². The maximum Gasteiger partial charge on any atom is 0.270 e. The number of aromatic nitrogens is 1. The number of benzene rings is 2. The van der Waals surface area contributed by atoms with Crippen molar-refractivity contribution in [2.45, 2.75) is 0 Å². The van der Waals surface area contributed by atoms with Crippen LogP contribution >= 0.6 is 24.0 Å². The summed E-state index contributed by atoms with van der Waals surface area (Å²) in [6, 6.07) is 19.3. The average Bonchev–Trinajstić information content (AvgIpc) is 2.90. The quantitative estimate of drug-likeness (QED) is 0.499. The van der Waals surface area contributed by atoms with E-state index in [0.717, 1.165) is 22.2 Å². The van der Waals surface area contributed by atoms with Gasteiger partial charge in [-0.3, -0.25) is 14.7 Å². The fourth-order valence-corrected chi connectivity index (χ4v) is 3.94. The third-order valence-corrected chi connectivity index (χ3v) is 5.08. The maximum atomic E-state index is 12.8. The van der Waals surface area contributed by atoms with Crippen molar-refractivity contribution in [2.75, 3.05) is 4.90 Å². The zero-order valence-electron chi connectivity index (χ0n) is 12.5. The number of thioether (sulfide) groups is 1. The van der Waals surface area contributed by atoms with Gasteiger partial charge in [0.1, 0.15) is 0 Å². The van der Waals surface area contributed by atoms with Crippen molar-refractivity contribution >= 4 is 56.9 Å². The van der Waals surface area contributed by atoms with Crippen LogP contribution in [0.3, 0.4) is 0 Å². The predicted molar refractivity (Wildman–Crippen MR) is 104 cm³/mol. The molecule has 0 atom stereocenters. The SMILES string of the molecule is O=C1/C(=C/c2ccnc3ccccc23)SC(=S)N1c1ccccc1. The molecule has 0 spiro atoms. The highest BCUT2D eigenvalue weighted by Crippen LogP contribution is 2.36. The minimum Gasteiger partial charge on any atom is -0.268 e. The number of anilines is 1. The first kappa shape index (κ1) is 15.1. The largest absolute Gasteiger partial charge is 0.270 e. The van der Waals surface area contributed by atoms with Crippen LogP contribution in [0.1, 0.15) is 5.56 Å². The number of pyridine rings is 1. The monoisotopic (exact) mass is 348 g/mol. The molecular formula is C19H12N2OS2. The van der Waals surface area contributed by atoms with Gasteiger partial charge in [-0.25, -0.2) is 0 Å². The zero-order chi connectivity index (χ0) is 16.5. The lowest BCUT2D eigenvalue weighted by molar-refractivity contribution is -0.113. The van der Waals surface area contributed by atoms with Crippen molar-refractivity contribution in [1.82, 2.24) is 4.98 Å². The Morgan fingerprint density at radius 3 is 2.58 bits per heavy atom. The van der Waals surface area contributed by atoms with E-state index < -0.39 is 0 Å². The highest BCUT2D eigenvalue weighted by Gasteiger charge is 2.33. The molecule has 0 aliphatic carbocycles. The van der Waals surface area contributed by atoms with Gasteiger partial charge in [0.25, 0.3) is 5.91 Å². The number of carbonyl (C=O) groups excluding carboxylic acids is 1. The van der Waals surface area contributed by atoms with E-state index in [2.05, 4.69) is 4.98 Å². The molecule has 0 bridgehead atoms. The summed E-state index contributed by atoms with van der Waals surface area (Å²) in [4.78, 5) is 19.4. The van der Waals surface area contributed by atoms with E-state index in [0.29, 0.717) is 9.23 Å². The van der Waals surface area contributed by atoms with Gasteiger partial charge >= 0.3 is 0 Å². The number of para-hydroxylation sites is 2. The predicted octanol–water partition coefficient (Wildman–Crippen LogP) is 4.64. The second-order valence-electron chi connectivity index (χ2n) is 5.27. The molecule has 1 aliphatic heterocycles. The molecule has 0 radical (unpaired) electrons. The lowest BCUT2D eigenvalue weighted by atomic mass is 10.1. The maximum absolute atomic E-state index is 12.8. The Morgan fingerprint density at radius 2 is 1.75 bits per heavy atom. The Kier molecular flexibility index (Phi) is 3.88. The van der Waals surface area contributed by atoms with Crippen LogP contribution < -0.4 is 4.90 Å². The third-order valence-electron chi connectivity index (χ3n) is 3.78. The second kappa shape index (κ2) is 6.19. The molecule has 0 unspecified atom stereocenters. The van der Waals surface area contributed by atoms with E-state index in [-0.39, 0.29) is 5.91 Å². The first-order valence-electron chi connectivity index (χ1n) is 7.41. The molecule has 1 aliphatic rings. The first-order chi connectivity index (χ1) is 11.7. The van der Waals surface area contributed by atoms with Crippen LogP contribution in [-0.2, 0) is 4.79 Å². The Hall–Kier alpha value is -2.50. The van der Waals surface area contributed by atoms with Crippen LogP contribution in [-0.4, -0.2) is 15.2 Å². The van der Waals surface area contributed by atoms with Gasteiger partial charge in [-0.2, -0.15) is 0 Å². The number of rotatable bonds is 2. The standard InChI is InChI=1S/C19H12N2OS2/c22-18-17(24-19(23)21(18)14-6-2-1-3-7-14)12-13-10-11-20-16-9-5-4-8-15(13)16/h1-12H/b17-12-. The molecule has 4 rings (SSSR count). The summed E-state index contributed by atoms with van der Waals surface area (Å²) in [7, 11) is 0. The third kappa shape index (κ3) is 2.62. The van der Waals surface area contributed by atoms with Crippen molar-refractivity contribution < 1.29 is 4.79 Å². The number of fused-ring (bicyclic) bond motifs is 1. The second-order valence-corrected chi connectivity index (χ2v) is 6.95. The van der Waals surface area contributed by atoms with E-state index in [4.69, 9.17) is 12.2 Å². The molecule has 5 heteroatoms. The Balaban J connectivity index is 1.76. The smallest absolute Gasteiger partial charge is 0.268 e. The van der Waals surface area contributed by atoms with Gasteiger partial charge in [0.2, 0.25) is 0 Å². The molecule has 2 aromatic carbocycles. The molecule has 24 heavy (non-hydrogen) atoms. The van der Waals surface area contributed by atoms with Gasteiger partial charge in [0.15, 0.2) is 4.32 Å². The van der Waals surface area contributed by atoms with Crippen LogP contribution in [0.15, 0.2) is 71.8 Å². The number of hydrogen-bond acceptors (Lipinski definition) is 4. The summed E-state index contributed by atoms with van der Waals surface area (Å²) in [5.41, 5.74) is 2.67. The molecule has 1 amide bonds. The minimum absolute atomic E-state index is 0.0860. The van der Waals surface area contributed by atoms with Crippen molar-refractivity contribution in [3.63, 3.8) is 0 Å². The summed E-state index contributed by atoms with van der Waals surface area (Å²) < 4.78 is 0.552. The van der Waals surface area contributed by atoms with E-state index >= 15 is 0 Å². The van der Waals surface area contributed by atoms with E-state index in [1.165, 1.54) is 11.8 Å². The van der Waals surface area contributed by atoms with Gasteiger partial charge < -0.3 is 0 Å². The van der Waals surface area contributed by atoms with E-state index in [1.807, 2.05) is 66.7 Å². The Morgan fingerprint density at radius 1 is 1.00 bits per heavy atom. The van der Waals surface area contributed by atoms with Crippen molar-refractivity contribution in [1.29, 1.82) is 0 Å². The number of thiocarbonyl (C=S) groups is 1. The Bertz CT molecular complexity index is 978. The molecule has 116 valence electrons. The van der Waals surface area contributed by atoms with Crippen LogP contribution in [0.5, 0.6) is 0 Å². The molecule has 3 nitrogen and oxygen atoms in total. The average molecular weight is 348 g/mol. The van der Waals surface area contributed by atoms with Crippen molar-refractivity contribution in [3.05, 3.63) is 77.3 Å². The van der Waals surface area contributed by atoms with E-state index in [1.54, 1.807) is 11.1 Å². The fraction of sp³-hybridized carbons (Fsp3) is 0. The van der Waals surface area contributed by atoms with Gasteiger partial charge in [0.05, 0.1) is 16.1 Å². The summed E-state index contributed by atoms with van der Waals surface area (Å²) in [5.74, 6) is -0.0860. The molecular weight excluding hydrogens is 336 g/mol. The highest BCUT2D eigenvalue weighted by atomic mass is 32.2. The van der Waals surface area contributed by atoms with Gasteiger partial charge in [-0.05, 0) is 35.9 Å². The topological polar surface area (TPSA) is 33.2 Å². The summed E-state index contributed by atoms with van der Waals surface area (Å²) >= 11 is 6.73. The van der Waals surface area contributed by atoms with E-state index in [9.17, 15) is 4.79 Å². The van der Waals surface area contributed by atoms with Gasteiger partial charge in [0, 0.05) is 11.6 Å². The molecule has 3 aromatic rings. The molecule has 0 saturated carbocycles. The van der Waals surface area contributed by atoms with Crippen molar-refractivity contribution in [2.24, 2.45) is 0 Å². The molecule has 1 aromatic heterocycles. The zero-order valence-corrected chi connectivity index (χ0v) is 14.2. The van der Waals surface area contributed by atoms with Gasteiger partial charge in [-0.15, -0.1) is 0 Å². The number of amides is 1. The molecule has 2 heterocycles. The van der Waals surface area contributed by atoms with Crippen LogP contribution in [0.4, 0.5) is 5.69 Å². The van der Waals surface area contributed by atoms with Crippen LogP contribution in [0, 0.1) is 0 Å². The molecule has 1 fully saturated rings. The number of carbonyl (C=O) groups is 1. The molecule has 1 saturated heterocycles. The van der Waals surface area contributed by atoms with Crippen LogP contribution in [0.2, 0.25) is 0 Å². The Labute approximate surface area is 149 Å². The van der Waals surface area contributed by atoms with Gasteiger partial charge in [-0.1, -0.05) is 60.4 Å². The molecule has 0 N–H and O–H groups in total. The normalized spacial score (nSPS) is 16.3. The number of nitrogens with zero attached hydrogens (tertiary/aromatic N) is 2. The summed E-state index contributed by atoms with van der Waals surface area (Å²) in [6.45, 7) is 0. The lowest BCUT2D eigenvalue weighted by Crippen LogP contribution is -2.27. The summed E-state index contributed by atoms with van der Waals surface area (Å²) in [6.07, 6.45) is 3.65. The summed E-state index contributed by atoms with van der Waals surface area (Å²) in [5, 5.41) is 1.02.